The molecule has 0 unspecified atom stereocenters. The summed E-state index contributed by atoms with van der Waals surface area (Å²) in [5.41, 5.74) is 11.4. The number of allylic oxidation sites excluding steroid dienone is 1. The monoisotopic (exact) mass is 376 g/mol. The Labute approximate surface area is 164 Å². The Bertz CT molecular complexity index is 964. The molecule has 3 rings (SSSR count). The maximum atomic E-state index is 11.4. The summed E-state index contributed by atoms with van der Waals surface area (Å²) >= 11 is 0. The van der Waals surface area contributed by atoms with Crippen LogP contribution >= 0.6 is 0 Å². The number of anilines is 1. The van der Waals surface area contributed by atoms with Gasteiger partial charge in [0.05, 0.1) is 19.1 Å². The maximum Gasteiger partial charge on any atom is 0.411 e. The van der Waals surface area contributed by atoms with Gasteiger partial charge in [-0.1, -0.05) is 49.0 Å². The SMILES string of the molecule is C=C(N)Cc1c(Cc2ccccc2)ncn1Cc1cccc(NC(=O)OC)c1. The number of carbonyl (C=O) groups is 1. The van der Waals surface area contributed by atoms with Crippen LogP contribution in [0, 0.1) is 0 Å². The van der Waals surface area contributed by atoms with Crippen molar-refractivity contribution >= 4 is 11.8 Å². The van der Waals surface area contributed by atoms with Crippen LogP contribution in [-0.4, -0.2) is 22.8 Å². The molecule has 1 heterocycles. The number of ether oxygens (including phenoxy) is 1. The number of benzene rings is 2. The molecule has 0 aliphatic carbocycles. The van der Waals surface area contributed by atoms with Gasteiger partial charge in [-0.3, -0.25) is 5.32 Å². The van der Waals surface area contributed by atoms with E-state index in [2.05, 4.69) is 38.3 Å². The quantitative estimate of drug-likeness (QED) is 0.658. The third-order valence-corrected chi connectivity index (χ3v) is 4.35. The molecule has 0 atom stereocenters. The number of methoxy groups -OCH3 is 1. The number of nitrogens with one attached hydrogen (secondary N) is 1. The van der Waals surface area contributed by atoms with E-state index in [1.165, 1.54) is 12.7 Å². The average Bonchev–Trinajstić information content (AvgIpc) is 3.03. The summed E-state index contributed by atoms with van der Waals surface area (Å²) in [6.45, 7) is 4.47. The van der Waals surface area contributed by atoms with Gasteiger partial charge in [-0.2, -0.15) is 0 Å². The molecule has 0 radical (unpaired) electrons. The van der Waals surface area contributed by atoms with Gasteiger partial charge in [0.1, 0.15) is 0 Å². The minimum absolute atomic E-state index is 0.495. The Balaban J connectivity index is 1.84. The molecule has 0 spiro atoms. The highest BCUT2D eigenvalue weighted by atomic mass is 16.5. The number of imidazole rings is 1. The van der Waals surface area contributed by atoms with Gasteiger partial charge in [-0.25, -0.2) is 9.78 Å². The van der Waals surface area contributed by atoms with Crippen molar-refractivity contribution in [2.45, 2.75) is 19.4 Å². The molecule has 0 bridgehead atoms. The Kier molecular flexibility index (Phi) is 6.11. The van der Waals surface area contributed by atoms with Crippen LogP contribution in [-0.2, 0) is 24.1 Å². The summed E-state index contributed by atoms with van der Waals surface area (Å²) in [6, 6.07) is 17.8. The van der Waals surface area contributed by atoms with Crippen molar-refractivity contribution in [1.29, 1.82) is 0 Å². The normalized spacial score (nSPS) is 10.5. The van der Waals surface area contributed by atoms with E-state index in [1.807, 2.05) is 48.8 Å². The molecule has 3 N–H and O–H groups in total. The van der Waals surface area contributed by atoms with Gasteiger partial charge in [-0.15, -0.1) is 0 Å². The van der Waals surface area contributed by atoms with Crippen molar-refractivity contribution in [1.82, 2.24) is 9.55 Å². The standard InChI is InChI=1S/C22H24N4O2/c1-16(23)11-21-20(13-17-7-4-3-5-8-17)24-15-26(21)14-18-9-6-10-19(12-18)25-22(27)28-2/h3-10,12,15H,1,11,13-14,23H2,2H3,(H,25,27). The summed E-state index contributed by atoms with van der Waals surface area (Å²) in [6.07, 6.45) is 2.63. The fraction of sp³-hybridized carbons (Fsp3) is 0.182. The molecule has 2 aromatic carbocycles. The van der Waals surface area contributed by atoms with E-state index in [4.69, 9.17) is 5.73 Å². The van der Waals surface area contributed by atoms with Gasteiger partial charge < -0.3 is 15.0 Å². The highest BCUT2D eigenvalue weighted by molar-refractivity contribution is 5.84. The van der Waals surface area contributed by atoms with Crippen LogP contribution in [0.25, 0.3) is 0 Å². The first-order chi connectivity index (χ1) is 13.5. The molecule has 1 amide bonds. The van der Waals surface area contributed by atoms with E-state index in [9.17, 15) is 4.79 Å². The second-order valence-electron chi connectivity index (χ2n) is 6.58. The second kappa shape index (κ2) is 8.90. The first-order valence-electron chi connectivity index (χ1n) is 8.99. The fourth-order valence-corrected chi connectivity index (χ4v) is 3.05. The van der Waals surface area contributed by atoms with E-state index in [-0.39, 0.29) is 0 Å². The first-order valence-corrected chi connectivity index (χ1v) is 8.99. The van der Waals surface area contributed by atoms with Crippen LogP contribution in [0.5, 0.6) is 0 Å². The molecule has 6 nitrogen and oxygen atoms in total. The fourth-order valence-electron chi connectivity index (χ4n) is 3.05. The molecular formula is C22H24N4O2. The van der Waals surface area contributed by atoms with Crippen molar-refractivity contribution in [3.8, 4) is 0 Å². The first kappa shape index (κ1) is 19.2. The number of nitrogens with two attached hydrogens (primary N) is 1. The minimum Gasteiger partial charge on any atom is -0.453 e. The molecule has 0 aliphatic heterocycles. The summed E-state index contributed by atoms with van der Waals surface area (Å²) in [4.78, 5) is 16.1. The number of amides is 1. The third-order valence-electron chi connectivity index (χ3n) is 4.35. The lowest BCUT2D eigenvalue weighted by atomic mass is 10.1. The molecule has 0 fully saturated rings. The van der Waals surface area contributed by atoms with Crippen LogP contribution < -0.4 is 11.1 Å². The lowest BCUT2D eigenvalue weighted by molar-refractivity contribution is 0.187. The van der Waals surface area contributed by atoms with Gasteiger partial charge in [0.2, 0.25) is 0 Å². The maximum absolute atomic E-state index is 11.4. The zero-order valence-corrected chi connectivity index (χ0v) is 15.9. The van der Waals surface area contributed by atoms with Gasteiger partial charge in [-0.05, 0) is 23.3 Å². The molecule has 144 valence electrons. The van der Waals surface area contributed by atoms with Crippen molar-refractivity contribution in [2.75, 3.05) is 12.4 Å². The molecular weight excluding hydrogens is 352 g/mol. The third kappa shape index (κ3) is 5.01. The van der Waals surface area contributed by atoms with E-state index in [0.29, 0.717) is 24.4 Å². The topological polar surface area (TPSA) is 82.2 Å². The lowest BCUT2D eigenvalue weighted by Gasteiger charge is -2.12. The zero-order chi connectivity index (χ0) is 19.9. The zero-order valence-electron chi connectivity index (χ0n) is 15.9. The Morgan fingerprint density at radius 3 is 2.64 bits per heavy atom. The van der Waals surface area contributed by atoms with Gasteiger partial charge in [0.15, 0.2) is 0 Å². The number of nitrogens with zero attached hydrogens (tertiary/aromatic N) is 2. The Morgan fingerprint density at radius 2 is 1.93 bits per heavy atom. The van der Waals surface area contributed by atoms with Crippen molar-refractivity contribution in [2.24, 2.45) is 5.73 Å². The molecule has 0 saturated heterocycles. The van der Waals surface area contributed by atoms with Gasteiger partial charge in [0, 0.05) is 36.5 Å². The van der Waals surface area contributed by atoms with Crippen LogP contribution in [0.15, 0.2) is 73.2 Å². The predicted octanol–water partition coefficient (Wildman–Crippen LogP) is 3.72. The lowest BCUT2D eigenvalue weighted by Crippen LogP contribution is -2.12. The van der Waals surface area contributed by atoms with Gasteiger partial charge in [0.25, 0.3) is 0 Å². The van der Waals surface area contributed by atoms with E-state index >= 15 is 0 Å². The summed E-state index contributed by atoms with van der Waals surface area (Å²) in [5, 5.41) is 2.68. The van der Waals surface area contributed by atoms with E-state index < -0.39 is 6.09 Å². The average molecular weight is 376 g/mol. The van der Waals surface area contributed by atoms with Crippen molar-refractivity contribution < 1.29 is 9.53 Å². The summed E-state index contributed by atoms with van der Waals surface area (Å²) in [5.74, 6) is 0. The number of aromatic nitrogens is 2. The summed E-state index contributed by atoms with van der Waals surface area (Å²) < 4.78 is 6.72. The van der Waals surface area contributed by atoms with Crippen LogP contribution in [0.4, 0.5) is 10.5 Å². The highest BCUT2D eigenvalue weighted by Gasteiger charge is 2.13. The number of rotatable bonds is 7. The largest absolute Gasteiger partial charge is 0.453 e. The van der Waals surface area contributed by atoms with Crippen molar-refractivity contribution in [3.05, 3.63) is 95.7 Å². The molecule has 3 aromatic rings. The van der Waals surface area contributed by atoms with Crippen molar-refractivity contribution in [3.63, 3.8) is 0 Å². The molecule has 0 aliphatic rings. The Hall–Kier alpha value is -3.54. The Morgan fingerprint density at radius 1 is 1.18 bits per heavy atom. The predicted molar refractivity (Wildman–Crippen MR) is 110 cm³/mol. The van der Waals surface area contributed by atoms with Gasteiger partial charge >= 0.3 is 6.09 Å². The second-order valence-corrected chi connectivity index (χ2v) is 6.58. The molecule has 6 heteroatoms. The summed E-state index contributed by atoms with van der Waals surface area (Å²) in [7, 11) is 1.34. The van der Waals surface area contributed by atoms with E-state index in [1.54, 1.807) is 0 Å². The highest BCUT2D eigenvalue weighted by Crippen LogP contribution is 2.18. The van der Waals surface area contributed by atoms with E-state index in [0.717, 1.165) is 23.4 Å². The van der Waals surface area contributed by atoms with Crippen LogP contribution in [0.3, 0.4) is 0 Å². The van der Waals surface area contributed by atoms with Crippen LogP contribution in [0.1, 0.15) is 22.5 Å². The molecule has 28 heavy (non-hydrogen) atoms. The minimum atomic E-state index is -0.495. The van der Waals surface area contributed by atoms with Crippen LogP contribution in [0.2, 0.25) is 0 Å². The molecule has 1 aromatic heterocycles. The molecule has 0 saturated carbocycles. The number of hydrogen-bond acceptors (Lipinski definition) is 4. The smallest absolute Gasteiger partial charge is 0.411 e. The number of hydrogen-bond donors (Lipinski definition) is 2. The number of carbonyl (C=O) groups excluding carboxylic acids is 1.